The predicted octanol–water partition coefficient (Wildman–Crippen LogP) is 1.09. The molecule has 0 aromatic carbocycles. The lowest BCUT2D eigenvalue weighted by atomic mass is 11.8. The summed E-state index contributed by atoms with van der Waals surface area (Å²) in [5.41, 5.74) is 4.62. The maximum atomic E-state index is 3.70. The molecule has 7 heavy (non-hydrogen) atoms. The molecule has 0 atom stereocenters. The summed E-state index contributed by atoms with van der Waals surface area (Å²) in [6.07, 6.45) is 0. The molecule has 0 saturated carbocycles. The normalized spacial score (nSPS) is 25.3. The van der Waals surface area contributed by atoms with Gasteiger partial charge in [-0.1, -0.05) is 17.0 Å². The fourth-order valence-corrected chi connectivity index (χ4v) is 11.9. The SMILES string of the molecule is Br[Si]1C[Si]C[Si]C1. The summed E-state index contributed by atoms with van der Waals surface area (Å²) < 4.78 is 0. The number of hydrogen-bond acceptors (Lipinski definition) is 0. The number of hydrogen-bond donors (Lipinski definition) is 0. The summed E-state index contributed by atoms with van der Waals surface area (Å²) in [6, 6.07) is 0. The van der Waals surface area contributed by atoms with Crippen LogP contribution in [-0.4, -0.2) is 26.5 Å². The molecule has 1 heterocycles. The Morgan fingerprint density at radius 2 is 1.86 bits per heavy atom. The summed E-state index contributed by atoms with van der Waals surface area (Å²) in [5, 5.41) is 0. The van der Waals surface area contributed by atoms with Crippen molar-refractivity contribution in [3.05, 3.63) is 0 Å². The van der Waals surface area contributed by atoms with Gasteiger partial charge in [-0.15, -0.1) is 15.3 Å². The highest BCUT2D eigenvalue weighted by Gasteiger charge is 2.11. The smallest absolute Gasteiger partial charge is 0.128 e. The predicted molar refractivity (Wildman–Crippen MR) is 40.6 cm³/mol. The lowest BCUT2D eigenvalue weighted by Crippen LogP contribution is -2.18. The van der Waals surface area contributed by atoms with Crippen LogP contribution in [0, 0.1) is 0 Å². The van der Waals surface area contributed by atoms with Crippen LogP contribution in [0.5, 0.6) is 0 Å². The molecule has 1 aliphatic rings. The van der Waals surface area contributed by atoms with Crippen LogP contribution in [0.25, 0.3) is 0 Å². The third-order valence-electron chi connectivity index (χ3n) is 0.884. The highest BCUT2D eigenvalue weighted by molar-refractivity contribution is 9.24. The van der Waals surface area contributed by atoms with E-state index in [2.05, 4.69) is 15.3 Å². The van der Waals surface area contributed by atoms with Crippen LogP contribution < -0.4 is 0 Å². The van der Waals surface area contributed by atoms with Gasteiger partial charge < -0.3 is 0 Å². The maximum absolute atomic E-state index is 3.70. The van der Waals surface area contributed by atoms with Gasteiger partial charge in [-0.25, -0.2) is 0 Å². The standard InChI is InChI=1S/C3H6BrSi3/c4-7-2-5-1-6-3-7/h1-3H2. The van der Waals surface area contributed by atoms with Crippen molar-refractivity contribution in [3.63, 3.8) is 0 Å². The molecule has 0 bridgehead atoms. The third kappa shape index (κ3) is 2.25. The van der Waals surface area contributed by atoms with Crippen LogP contribution in [-0.2, 0) is 0 Å². The van der Waals surface area contributed by atoms with Crippen molar-refractivity contribution in [2.45, 2.75) is 17.0 Å². The molecule has 1 fully saturated rings. The first-order valence-electron chi connectivity index (χ1n) is 2.31. The fraction of sp³-hybridized carbons (Fsp3) is 1.00. The summed E-state index contributed by atoms with van der Waals surface area (Å²) in [5.74, 6) is 0. The lowest BCUT2D eigenvalue weighted by molar-refractivity contribution is 1.70. The van der Waals surface area contributed by atoms with E-state index in [9.17, 15) is 0 Å². The van der Waals surface area contributed by atoms with E-state index < -0.39 is 0 Å². The van der Waals surface area contributed by atoms with Crippen molar-refractivity contribution in [1.29, 1.82) is 0 Å². The van der Waals surface area contributed by atoms with Gasteiger partial charge in [0.1, 0.15) is 7.42 Å². The average Bonchev–Trinajstić information content (AvgIpc) is 1.69. The van der Waals surface area contributed by atoms with Crippen molar-refractivity contribution in [3.8, 4) is 0 Å². The zero-order chi connectivity index (χ0) is 5.11. The topological polar surface area (TPSA) is 0 Å². The summed E-state index contributed by atoms with van der Waals surface area (Å²) in [7, 11) is 2.63. The Bertz CT molecular complexity index is 52.1. The first-order chi connectivity index (χ1) is 3.39. The van der Waals surface area contributed by atoms with Gasteiger partial charge in [0.25, 0.3) is 0 Å². The first-order valence-corrected chi connectivity index (χ1v) is 9.31. The van der Waals surface area contributed by atoms with Gasteiger partial charge in [-0.2, -0.15) is 0 Å². The van der Waals surface area contributed by atoms with Gasteiger partial charge >= 0.3 is 0 Å². The molecule has 37 valence electrons. The Morgan fingerprint density at radius 1 is 1.29 bits per heavy atom. The lowest BCUT2D eigenvalue weighted by Gasteiger charge is -2.10. The molecular weight excluding hydrogens is 200 g/mol. The van der Waals surface area contributed by atoms with E-state index in [0.717, 1.165) is 0 Å². The summed E-state index contributed by atoms with van der Waals surface area (Å²) in [4.78, 5) is 0. The molecule has 0 nitrogen and oxygen atoms in total. The minimum Gasteiger partial charge on any atom is -0.129 e. The van der Waals surface area contributed by atoms with Gasteiger partial charge in [0.15, 0.2) is 0 Å². The molecule has 1 saturated heterocycles. The highest BCUT2D eigenvalue weighted by atomic mass is 79.9. The van der Waals surface area contributed by atoms with Crippen molar-refractivity contribution in [2.75, 3.05) is 0 Å². The monoisotopic (exact) mass is 205 g/mol. The van der Waals surface area contributed by atoms with Crippen LogP contribution in [0.4, 0.5) is 0 Å². The molecule has 0 aliphatic carbocycles. The van der Waals surface area contributed by atoms with E-state index in [-0.39, 0.29) is 7.42 Å². The van der Waals surface area contributed by atoms with Gasteiger partial charge in [0.2, 0.25) is 0 Å². The molecule has 0 aromatic rings. The van der Waals surface area contributed by atoms with Crippen LogP contribution in [0.3, 0.4) is 0 Å². The molecule has 0 spiro atoms. The molecule has 0 N–H and O–H groups in total. The largest absolute Gasteiger partial charge is 0.129 e. The minimum atomic E-state index is 0.0441. The Hall–Kier alpha value is 1.13. The minimum absolute atomic E-state index is 0.0441. The van der Waals surface area contributed by atoms with E-state index in [4.69, 9.17) is 0 Å². The van der Waals surface area contributed by atoms with E-state index in [1.807, 2.05) is 0 Å². The first kappa shape index (κ1) is 6.25. The summed E-state index contributed by atoms with van der Waals surface area (Å²) >= 11 is 3.70. The van der Waals surface area contributed by atoms with Gasteiger partial charge in [-0.05, 0) is 0 Å². The fourth-order valence-electron chi connectivity index (χ4n) is 0.547. The van der Waals surface area contributed by atoms with Crippen molar-refractivity contribution >= 4 is 41.7 Å². The third-order valence-corrected chi connectivity index (χ3v) is 13.0. The zero-order valence-electron chi connectivity index (χ0n) is 4.00. The Morgan fingerprint density at radius 3 is 2.14 bits per heavy atom. The molecular formula is C3H6BrSi3. The quantitative estimate of drug-likeness (QED) is 0.411. The molecule has 4 heteroatoms. The molecule has 0 aromatic heterocycles. The second-order valence-electron chi connectivity index (χ2n) is 1.55. The van der Waals surface area contributed by atoms with Crippen LogP contribution in [0.2, 0.25) is 17.0 Å². The van der Waals surface area contributed by atoms with Crippen LogP contribution in [0.15, 0.2) is 0 Å². The maximum Gasteiger partial charge on any atom is 0.128 e. The average molecular weight is 206 g/mol. The Kier molecular flexibility index (Phi) is 2.87. The zero-order valence-corrected chi connectivity index (χ0v) is 8.59. The van der Waals surface area contributed by atoms with E-state index in [1.54, 1.807) is 5.67 Å². The van der Waals surface area contributed by atoms with E-state index in [0.29, 0.717) is 0 Å². The Balaban J connectivity index is 2.12. The molecule has 0 amide bonds. The van der Waals surface area contributed by atoms with Crippen LogP contribution >= 0.6 is 15.3 Å². The number of halogens is 1. The van der Waals surface area contributed by atoms with Crippen LogP contribution in [0.1, 0.15) is 0 Å². The number of rotatable bonds is 0. The van der Waals surface area contributed by atoms with Gasteiger partial charge in [0, 0.05) is 19.0 Å². The van der Waals surface area contributed by atoms with E-state index in [1.165, 1.54) is 30.4 Å². The van der Waals surface area contributed by atoms with Crippen molar-refractivity contribution in [2.24, 2.45) is 0 Å². The van der Waals surface area contributed by atoms with Crippen molar-refractivity contribution < 1.29 is 0 Å². The highest BCUT2D eigenvalue weighted by Crippen LogP contribution is 2.11. The van der Waals surface area contributed by atoms with Gasteiger partial charge in [-0.3, -0.25) is 0 Å². The second kappa shape index (κ2) is 3.21. The summed E-state index contributed by atoms with van der Waals surface area (Å²) in [6.45, 7) is 0. The molecule has 1 rings (SSSR count). The molecule has 0 unspecified atom stereocenters. The molecule has 1 aliphatic heterocycles. The Labute approximate surface area is 58.9 Å². The van der Waals surface area contributed by atoms with Crippen molar-refractivity contribution in [1.82, 2.24) is 0 Å². The van der Waals surface area contributed by atoms with Gasteiger partial charge in [0.05, 0.1) is 0 Å². The second-order valence-corrected chi connectivity index (χ2v) is 11.2. The molecule has 5 radical (unpaired) electrons. The van der Waals surface area contributed by atoms with E-state index >= 15 is 0 Å².